The van der Waals surface area contributed by atoms with Crippen LogP contribution >= 0.6 is 0 Å². The van der Waals surface area contributed by atoms with E-state index >= 15 is 0 Å². The fourth-order valence-corrected chi connectivity index (χ4v) is 2.60. The average molecular weight is 261 g/mol. The fraction of sp³-hybridized carbons (Fsp3) is 0.647. The Hall–Kier alpha value is -1.02. The minimum absolute atomic E-state index is 0.800. The number of ether oxygens (including phenoxy) is 1. The van der Waals surface area contributed by atoms with Crippen LogP contribution in [0.1, 0.15) is 44.2 Å². The molecule has 0 aromatic heterocycles. The van der Waals surface area contributed by atoms with Crippen LogP contribution in [0.2, 0.25) is 0 Å². The molecule has 1 unspecified atom stereocenters. The Labute approximate surface area is 117 Å². The molecule has 0 saturated carbocycles. The van der Waals surface area contributed by atoms with Crippen LogP contribution in [0, 0.1) is 5.92 Å². The third-order valence-corrected chi connectivity index (χ3v) is 3.92. The van der Waals surface area contributed by atoms with E-state index in [9.17, 15) is 0 Å². The topological polar surface area (TPSA) is 21.3 Å². The van der Waals surface area contributed by atoms with E-state index in [1.165, 1.54) is 36.8 Å². The minimum Gasteiger partial charge on any atom is -0.493 e. The first kappa shape index (κ1) is 14.4. The van der Waals surface area contributed by atoms with E-state index in [2.05, 4.69) is 37.4 Å². The molecule has 0 radical (unpaired) electrons. The Morgan fingerprint density at radius 3 is 3.00 bits per heavy atom. The Bertz CT molecular complexity index is 389. The molecule has 0 saturated heterocycles. The number of hydrogen-bond donors (Lipinski definition) is 1. The van der Waals surface area contributed by atoms with Crippen LogP contribution in [0.3, 0.4) is 0 Å². The Kier molecular flexibility index (Phi) is 5.71. The molecule has 0 spiro atoms. The molecule has 19 heavy (non-hydrogen) atoms. The Balaban J connectivity index is 1.70. The summed E-state index contributed by atoms with van der Waals surface area (Å²) >= 11 is 0. The summed E-state index contributed by atoms with van der Waals surface area (Å²) < 4.78 is 5.55. The summed E-state index contributed by atoms with van der Waals surface area (Å²) in [6, 6.07) is 6.71. The van der Waals surface area contributed by atoms with Gasteiger partial charge in [-0.05, 0) is 61.9 Å². The Morgan fingerprint density at radius 2 is 2.16 bits per heavy atom. The lowest BCUT2D eigenvalue weighted by Gasteiger charge is -2.12. The van der Waals surface area contributed by atoms with E-state index in [1.807, 2.05) is 0 Å². The minimum atomic E-state index is 0.800. The lowest BCUT2D eigenvalue weighted by molar-refractivity contribution is 0.357. The van der Waals surface area contributed by atoms with E-state index in [4.69, 9.17) is 4.74 Å². The van der Waals surface area contributed by atoms with Crippen molar-refractivity contribution in [3.8, 4) is 5.75 Å². The number of aryl methyl sites for hydroxylation is 1. The lowest BCUT2D eigenvalue weighted by Crippen LogP contribution is -2.18. The van der Waals surface area contributed by atoms with E-state index in [-0.39, 0.29) is 0 Å². The molecule has 1 aromatic rings. The molecule has 1 heterocycles. The van der Waals surface area contributed by atoms with Crippen molar-refractivity contribution in [1.29, 1.82) is 0 Å². The number of rotatable bonds is 8. The smallest absolute Gasteiger partial charge is 0.122 e. The van der Waals surface area contributed by atoms with Gasteiger partial charge in [0.15, 0.2) is 0 Å². The molecule has 2 rings (SSSR count). The highest BCUT2D eigenvalue weighted by Gasteiger charge is 2.12. The van der Waals surface area contributed by atoms with Gasteiger partial charge in [0.2, 0.25) is 0 Å². The predicted octanol–water partition coefficient (Wildman–Crippen LogP) is 3.58. The highest BCUT2D eigenvalue weighted by Crippen LogP contribution is 2.26. The van der Waals surface area contributed by atoms with Crippen molar-refractivity contribution in [2.24, 2.45) is 5.92 Å². The summed E-state index contributed by atoms with van der Waals surface area (Å²) in [7, 11) is 0. The molecule has 0 bridgehead atoms. The maximum Gasteiger partial charge on any atom is 0.122 e. The maximum atomic E-state index is 5.55. The molecule has 0 amide bonds. The second-order valence-corrected chi connectivity index (χ2v) is 5.72. The zero-order valence-electron chi connectivity index (χ0n) is 12.4. The van der Waals surface area contributed by atoms with E-state index in [0.29, 0.717) is 0 Å². The third kappa shape index (κ3) is 4.54. The van der Waals surface area contributed by atoms with Gasteiger partial charge < -0.3 is 10.1 Å². The van der Waals surface area contributed by atoms with Crippen molar-refractivity contribution in [3.63, 3.8) is 0 Å². The SMILES string of the molecule is CCCNCCC(C)CCc1ccc2c(c1)CCO2. The highest BCUT2D eigenvalue weighted by molar-refractivity contribution is 5.39. The van der Waals surface area contributed by atoms with Crippen LogP contribution in [0.5, 0.6) is 5.75 Å². The first-order chi connectivity index (χ1) is 9.29. The molecular weight excluding hydrogens is 234 g/mol. The number of nitrogens with one attached hydrogen (secondary N) is 1. The molecule has 1 aromatic carbocycles. The molecule has 0 fully saturated rings. The van der Waals surface area contributed by atoms with Crippen LogP contribution < -0.4 is 10.1 Å². The standard InChI is InChI=1S/C17H27NO/c1-3-10-18-11-8-14(2)4-5-15-6-7-17-16(13-15)9-12-19-17/h6-7,13-14,18H,3-5,8-12H2,1-2H3. The van der Waals surface area contributed by atoms with Gasteiger partial charge in [0.1, 0.15) is 5.75 Å². The van der Waals surface area contributed by atoms with Crippen molar-refractivity contribution >= 4 is 0 Å². The molecule has 1 atom stereocenters. The van der Waals surface area contributed by atoms with Crippen molar-refractivity contribution in [1.82, 2.24) is 5.32 Å². The monoisotopic (exact) mass is 261 g/mol. The first-order valence-corrected chi connectivity index (χ1v) is 7.75. The van der Waals surface area contributed by atoms with Crippen LogP contribution in [-0.2, 0) is 12.8 Å². The summed E-state index contributed by atoms with van der Waals surface area (Å²) in [5.41, 5.74) is 2.87. The summed E-state index contributed by atoms with van der Waals surface area (Å²) in [4.78, 5) is 0. The second-order valence-electron chi connectivity index (χ2n) is 5.72. The third-order valence-electron chi connectivity index (χ3n) is 3.92. The van der Waals surface area contributed by atoms with Crippen LogP contribution in [0.15, 0.2) is 18.2 Å². The van der Waals surface area contributed by atoms with Gasteiger partial charge in [-0.15, -0.1) is 0 Å². The molecule has 2 nitrogen and oxygen atoms in total. The summed E-state index contributed by atoms with van der Waals surface area (Å²) in [6.07, 6.45) is 6.08. The quantitative estimate of drug-likeness (QED) is 0.722. The van der Waals surface area contributed by atoms with Gasteiger partial charge in [-0.1, -0.05) is 26.0 Å². The largest absolute Gasteiger partial charge is 0.493 e. The van der Waals surface area contributed by atoms with Gasteiger partial charge in [0.05, 0.1) is 6.61 Å². The van der Waals surface area contributed by atoms with E-state index in [1.54, 1.807) is 0 Å². The lowest BCUT2D eigenvalue weighted by atomic mass is 9.97. The zero-order valence-corrected chi connectivity index (χ0v) is 12.4. The molecule has 0 aliphatic carbocycles. The van der Waals surface area contributed by atoms with Gasteiger partial charge in [0, 0.05) is 6.42 Å². The van der Waals surface area contributed by atoms with Gasteiger partial charge in [-0.2, -0.15) is 0 Å². The normalized spacial score (nSPS) is 15.1. The summed E-state index contributed by atoms with van der Waals surface area (Å²) in [5.74, 6) is 1.90. The number of benzene rings is 1. The van der Waals surface area contributed by atoms with Gasteiger partial charge >= 0.3 is 0 Å². The highest BCUT2D eigenvalue weighted by atomic mass is 16.5. The van der Waals surface area contributed by atoms with Crippen LogP contribution in [0.4, 0.5) is 0 Å². The summed E-state index contributed by atoms with van der Waals surface area (Å²) in [6.45, 7) is 7.75. The predicted molar refractivity (Wildman–Crippen MR) is 80.9 cm³/mol. The molecule has 1 aliphatic heterocycles. The van der Waals surface area contributed by atoms with E-state index < -0.39 is 0 Å². The molecule has 106 valence electrons. The molecular formula is C17H27NO. The number of fused-ring (bicyclic) bond motifs is 1. The summed E-state index contributed by atoms with van der Waals surface area (Å²) in [5, 5.41) is 3.48. The maximum absolute atomic E-state index is 5.55. The molecule has 1 N–H and O–H groups in total. The van der Waals surface area contributed by atoms with Crippen molar-refractivity contribution in [2.45, 2.75) is 46.0 Å². The zero-order chi connectivity index (χ0) is 13.5. The van der Waals surface area contributed by atoms with Gasteiger partial charge in [-0.25, -0.2) is 0 Å². The first-order valence-electron chi connectivity index (χ1n) is 7.75. The molecule has 2 heteroatoms. The Morgan fingerprint density at radius 1 is 1.26 bits per heavy atom. The van der Waals surface area contributed by atoms with Crippen LogP contribution in [-0.4, -0.2) is 19.7 Å². The van der Waals surface area contributed by atoms with Crippen molar-refractivity contribution in [2.75, 3.05) is 19.7 Å². The van der Waals surface area contributed by atoms with Crippen molar-refractivity contribution in [3.05, 3.63) is 29.3 Å². The van der Waals surface area contributed by atoms with Gasteiger partial charge in [0.25, 0.3) is 0 Å². The van der Waals surface area contributed by atoms with Gasteiger partial charge in [-0.3, -0.25) is 0 Å². The van der Waals surface area contributed by atoms with Crippen molar-refractivity contribution < 1.29 is 4.74 Å². The van der Waals surface area contributed by atoms with E-state index in [0.717, 1.165) is 37.8 Å². The molecule has 1 aliphatic rings. The fourth-order valence-electron chi connectivity index (χ4n) is 2.60. The number of hydrogen-bond acceptors (Lipinski definition) is 2. The average Bonchev–Trinajstić information content (AvgIpc) is 2.89. The van der Waals surface area contributed by atoms with Crippen LogP contribution in [0.25, 0.3) is 0 Å². The second kappa shape index (κ2) is 7.54.